The lowest BCUT2D eigenvalue weighted by Gasteiger charge is -2.13. The first-order chi connectivity index (χ1) is 15.1. The van der Waals surface area contributed by atoms with E-state index in [4.69, 9.17) is 28.9 Å². The quantitative estimate of drug-likeness (QED) is 0.400. The van der Waals surface area contributed by atoms with Crippen LogP contribution >= 0.6 is 23.2 Å². The lowest BCUT2D eigenvalue weighted by atomic mass is 10.0. The van der Waals surface area contributed by atoms with Gasteiger partial charge in [0.15, 0.2) is 12.1 Å². The molecule has 12 heteroatoms. The maximum absolute atomic E-state index is 15.5. The Bertz CT molecular complexity index is 1510. The molecule has 32 heavy (non-hydrogen) atoms. The molecule has 0 amide bonds. The normalized spacial score (nSPS) is 11.6. The number of aromatic nitrogens is 3. The Kier molecular flexibility index (Phi) is 5.53. The second-order valence-electron chi connectivity index (χ2n) is 6.81. The van der Waals surface area contributed by atoms with Gasteiger partial charge >= 0.3 is 0 Å². The second kappa shape index (κ2) is 8.05. The molecule has 0 aliphatic rings. The first-order valence-electron chi connectivity index (χ1n) is 8.95. The summed E-state index contributed by atoms with van der Waals surface area (Å²) in [4.78, 5) is 18.8. The Morgan fingerprint density at radius 3 is 2.66 bits per heavy atom. The maximum atomic E-state index is 15.5. The molecule has 8 nitrogen and oxygen atoms in total. The highest BCUT2D eigenvalue weighted by Gasteiger charge is 2.24. The summed E-state index contributed by atoms with van der Waals surface area (Å²) in [6.45, 7) is 0. The molecule has 0 spiro atoms. The summed E-state index contributed by atoms with van der Waals surface area (Å²) < 4.78 is 45.2. The molecule has 0 atom stereocenters. The average molecular weight is 494 g/mol. The van der Waals surface area contributed by atoms with E-state index in [9.17, 15) is 13.2 Å². The van der Waals surface area contributed by atoms with E-state index in [0.717, 1.165) is 6.07 Å². The van der Waals surface area contributed by atoms with Crippen LogP contribution in [0.25, 0.3) is 22.2 Å². The minimum atomic E-state index is -4.39. The van der Waals surface area contributed by atoms with Gasteiger partial charge in [0, 0.05) is 35.0 Å². The van der Waals surface area contributed by atoms with Crippen molar-refractivity contribution in [2.24, 2.45) is 7.05 Å². The van der Waals surface area contributed by atoms with Crippen molar-refractivity contribution in [3.05, 3.63) is 64.3 Å². The van der Waals surface area contributed by atoms with E-state index >= 15 is 4.39 Å². The van der Waals surface area contributed by atoms with Crippen LogP contribution < -0.4 is 10.5 Å². The molecular weight excluding hydrogens is 480 g/mol. The minimum absolute atomic E-state index is 0.0164. The van der Waals surface area contributed by atoms with Crippen molar-refractivity contribution >= 4 is 62.0 Å². The SMILES string of the molecule is Cn1cc(-c2cccc(NS(=O)(=O)c3cc(Cl)cc(C=O)c3Cl)c2F)c2c(N)ncnc21. The van der Waals surface area contributed by atoms with Crippen LogP contribution in [0, 0.1) is 5.82 Å². The Morgan fingerprint density at radius 2 is 1.94 bits per heavy atom. The van der Waals surface area contributed by atoms with Crippen molar-refractivity contribution in [1.82, 2.24) is 14.5 Å². The smallest absolute Gasteiger partial charge is 0.263 e. The second-order valence-corrected chi connectivity index (χ2v) is 9.27. The Hall–Kier alpha value is -3.21. The molecule has 2 aromatic heterocycles. The van der Waals surface area contributed by atoms with Gasteiger partial charge < -0.3 is 10.3 Å². The van der Waals surface area contributed by atoms with E-state index in [0.29, 0.717) is 22.9 Å². The van der Waals surface area contributed by atoms with Crippen LogP contribution in [0.2, 0.25) is 10.0 Å². The molecule has 0 unspecified atom stereocenters. The zero-order valence-electron chi connectivity index (χ0n) is 16.3. The number of carbonyl (C=O) groups excluding carboxylic acids is 1. The van der Waals surface area contributed by atoms with Crippen molar-refractivity contribution in [1.29, 1.82) is 0 Å². The van der Waals surface area contributed by atoms with Gasteiger partial charge in [-0.3, -0.25) is 9.52 Å². The molecule has 0 fully saturated rings. The molecule has 2 aromatic carbocycles. The summed E-state index contributed by atoms with van der Waals surface area (Å²) >= 11 is 12.0. The van der Waals surface area contributed by atoms with Gasteiger partial charge in [-0.1, -0.05) is 35.3 Å². The molecule has 4 aromatic rings. The third kappa shape index (κ3) is 3.66. The van der Waals surface area contributed by atoms with Crippen LogP contribution in [-0.4, -0.2) is 29.2 Å². The number of nitrogens with two attached hydrogens (primary N) is 1. The number of halogens is 3. The average Bonchev–Trinajstić information content (AvgIpc) is 3.08. The molecule has 0 bridgehead atoms. The highest BCUT2D eigenvalue weighted by Crippen LogP contribution is 2.37. The van der Waals surface area contributed by atoms with Crippen molar-refractivity contribution in [3.63, 3.8) is 0 Å². The van der Waals surface area contributed by atoms with E-state index in [2.05, 4.69) is 14.7 Å². The predicted octanol–water partition coefficient (Wildman–Crippen LogP) is 4.28. The third-order valence-corrected chi connectivity index (χ3v) is 6.91. The zero-order chi connectivity index (χ0) is 23.2. The number of aldehydes is 1. The number of sulfonamides is 1. The van der Waals surface area contributed by atoms with Crippen molar-refractivity contribution in [2.75, 3.05) is 10.5 Å². The maximum Gasteiger partial charge on any atom is 0.263 e. The fourth-order valence-corrected chi connectivity index (χ4v) is 5.27. The number of nitrogen functional groups attached to an aromatic ring is 1. The lowest BCUT2D eigenvalue weighted by molar-refractivity contribution is 0.112. The van der Waals surface area contributed by atoms with Crippen LogP contribution in [0.3, 0.4) is 0 Å². The number of anilines is 2. The first kappa shape index (κ1) is 22.0. The van der Waals surface area contributed by atoms with Gasteiger partial charge in [-0.05, 0) is 18.2 Å². The molecular formula is C20H14Cl2FN5O3S. The summed E-state index contributed by atoms with van der Waals surface area (Å²) in [5.74, 6) is -0.691. The fraction of sp³-hybridized carbons (Fsp3) is 0.0500. The number of aryl methyl sites for hydroxylation is 1. The minimum Gasteiger partial charge on any atom is -0.383 e. The van der Waals surface area contributed by atoms with Crippen LogP contribution in [0.4, 0.5) is 15.9 Å². The Labute approximate surface area is 191 Å². The highest BCUT2D eigenvalue weighted by molar-refractivity contribution is 7.92. The molecule has 0 saturated carbocycles. The monoisotopic (exact) mass is 493 g/mol. The van der Waals surface area contributed by atoms with Crippen molar-refractivity contribution in [3.8, 4) is 11.1 Å². The van der Waals surface area contributed by atoms with E-state index in [1.54, 1.807) is 17.8 Å². The topological polar surface area (TPSA) is 120 Å². The van der Waals surface area contributed by atoms with Gasteiger partial charge in [0.2, 0.25) is 0 Å². The molecule has 0 saturated heterocycles. The van der Waals surface area contributed by atoms with E-state index in [1.807, 2.05) is 0 Å². The Morgan fingerprint density at radius 1 is 1.19 bits per heavy atom. The van der Waals surface area contributed by atoms with Gasteiger partial charge in [0.05, 0.1) is 16.1 Å². The van der Waals surface area contributed by atoms with E-state index in [1.165, 1.54) is 30.6 Å². The van der Waals surface area contributed by atoms with Crippen LogP contribution in [0.15, 0.2) is 47.8 Å². The van der Waals surface area contributed by atoms with Gasteiger partial charge in [0.1, 0.15) is 22.7 Å². The number of nitrogens with zero attached hydrogens (tertiary/aromatic N) is 3. The molecule has 0 aliphatic heterocycles. The molecule has 0 aliphatic carbocycles. The summed E-state index contributed by atoms with van der Waals surface area (Å²) in [5.41, 5.74) is 6.50. The fourth-order valence-electron chi connectivity index (χ4n) is 3.32. The molecule has 3 N–H and O–H groups in total. The summed E-state index contributed by atoms with van der Waals surface area (Å²) in [6, 6.07) is 6.50. The van der Waals surface area contributed by atoms with Crippen molar-refractivity contribution < 1.29 is 17.6 Å². The summed E-state index contributed by atoms with van der Waals surface area (Å²) in [6.07, 6.45) is 3.29. The van der Waals surface area contributed by atoms with Gasteiger partial charge in [0.25, 0.3) is 10.0 Å². The van der Waals surface area contributed by atoms with Gasteiger partial charge in [-0.15, -0.1) is 0 Å². The van der Waals surface area contributed by atoms with Gasteiger partial charge in [-0.25, -0.2) is 22.8 Å². The van der Waals surface area contributed by atoms with Crippen molar-refractivity contribution in [2.45, 2.75) is 4.90 Å². The molecule has 164 valence electrons. The Balaban J connectivity index is 1.83. The number of carbonyl (C=O) groups is 1. The molecule has 4 rings (SSSR count). The molecule has 2 heterocycles. The third-order valence-electron chi connectivity index (χ3n) is 4.76. The summed E-state index contributed by atoms with van der Waals surface area (Å²) in [5, 5.41) is 0.0900. The highest BCUT2D eigenvalue weighted by atomic mass is 35.5. The summed E-state index contributed by atoms with van der Waals surface area (Å²) in [7, 11) is -2.67. The largest absolute Gasteiger partial charge is 0.383 e. The molecule has 0 radical (unpaired) electrons. The van der Waals surface area contributed by atoms with E-state index < -0.39 is 20.7 Å². The number of hydrogen-bond donors (Lipinski definition) is 2. The predicted molar refractivity (Wildman–Crippen MR) is 121 cm³/mol. The number of rotatable bonds is 5. The number of benzene rings is 2. The number of fused-ring (bicyclic) bond motifs is 1. The first-order valence-corrected chi connectivity index (χ1v) is 11.2. The number of hydrogen-bond acceptors (Lipinski definition) is 6. The van der Waals surface area contributed by atoms with Crippen LogP contribution in [-0.2, 0) is 17.1 Å². The van der Waals surface area contributed by atoms with Crippen LogP contribution in [0.1, 0.15) is 10.4 Å². The zero-order valence-corrected chi connectivity index (χ0v) is 18.6. The standard InChI is InChI=1S/C20H14Cl2FN5O3S/c1-28-7-13(16-19(24)25-9-26-20(16)28)12-3-2-4-14(18(12)23)27-32(30,31)15-6-11(21)5-10(8-29)17(15)22/h2-9,27H,1H3,(H2,24,25,26). The van der Waals surface area contributed by atoms with Crippen LogP contribution in [0.5, 0.6) is 0 Å². The van der Waals surface area contributed by atoms with E-state index in [-0.39, 0.29) is 32.7 Å². The number of nitrogens with one attached hydrogen (secondary N) is 1. The van der Waals surface area contributed by atoms with Gasteiger partial charge in [-0.2, -0.15) is 0 Å². The lowest BCUT2D eigenvalue weighted by Crippen LogP contribution is -2.15.